The molecular weight excluding hydrogens is 388 g/mol. The molecule has 0 fully saturated rings. The van der Waals surface area contributed by atoms with Crippen LogP contribution < -0.4 is 0 Å². The van der Waals surface area contributed by atoms with Crippen molar-refractivity contribution in [3.8, 4) is 0 Å². The van der Waals surface area contributed by atoms with Gasteiger partial charge in [0.05, 0.1) is 18.4 Å². The van der Waals surface area contributed by atoms with Crippen LogP contribution >= 0.6 is 0 Å². The smallest absolute Gasteiger partial charge is 0.310 e. The maximum Gasteiger partial charge on any atom is 0.310 e. The maximum atomic E-state index is 13.1. The Labute approximate surface area is 188 Å². The lowest BCUT2D eigenvalue weighted by atomic mass is 9.76. The third-order valence-electron chi connectivity index (χ3n) is 6.34. The molecule has 0 heterocycles. The molecule has 4 nitrogen and oxygen atoms in total. The number of hydrogen-bond acceptors (Lipinski definition) is 4. The molecule has 1 aromatic carbocycles. The molecule has 172 valence electrons. The van der Waals surface area contributed by atoms with Gasteiger partial charge in [-0.3, -0.25) is 9.59 Å². The van der Waals surface area contributed by atoms with Gasteiger partial charge < -0.3 is 9.47 Å². The second-order valence-corrected chi connectivity index (χ2v) is 8.93. The Kier molecular flexibility index (Phi) is 10.8. The summed E-state index contributed by atoms with van der Waals surface area (Å²) >= 11 is 0. The number of unbranched alkanes of at least 4 members (excludes halogenated alkanes) is 2. The average molecular weight is 429 g/mol. The van der Waals surface area contributed by atoms with E-state index in [4.69, 9.17) is 9.47 Å². The molecule has 1 aliphatic rings. The van der Waals surface area contributed by atoms with Crippen molar-refractivity contribution < 1.29 is 19.1 Å². The molecule has 4 heteroatoms. The maximum absolute atomic E-state index is 13.1. The summed E-state index contributed by atoms with van der Waals surface area (Å²) in [5.74, 6) is -1.21. The van der Waals surface area contributed by atoms with Crippen molar-refractivity contribution in [3.05, 3.63) is 48.0 Å². The number of carbonyl (C=O) groups is 2. The van der Waals surface area contributed by atoms with Gasteiger partial charge in [-0.2, -0.15) is 0 Å². The number of rotatable bonds is 12. The fourth-order valence-corrected chi connectivity index (χ4v) is 4.45. The lowest BCUT2D eigenvalue weighted by Crippen LogP contribution is -2.38. The fourth-order valence-electron chi connectivity index (χ4n) is 4.45. The Balaban J connectivity index is 1.99. The van der Waals surface area contributed by atoms with E-state index in [1.165, 1.54) is 19.3 Å². The Morgan fingerprint density at radius 3 is 2.45 bits per heavy atom. The lowest BCUT2D eigenvalue weighted by molar-refractivity contribution is -0.166. The second kappa shape index (κ2) is 13.3. The van der Waals surface area contributed by atoms with E-state index in [0.717, 1.165) is 24.8 Å². The minimum Gasteiger partial charge on any atom is -0.465 e. The SMILES string of the molecule is CCCCCC(CCC)COC(=O)C1C(C)C=CCC1C(=O)OC(C)c1ccccc1. The van der Waals surface area contributed by atoms with Gasteiger partial charge in [0.1, 0.15) is 6.10 Å². The van der Waals surface area contributed by atoms with Gasteiger partial charge in [0, 0.05) is 0 Å². The molecule has 0 N–H and O–H groups in total. The molecule has 5 unspecified atom stereocenters. The van der Waals surface area contributed by atoms with Gasteiger partial charge in [0.25, 0.3) is 0 Å². The zero-order valence-corrected chi connectivity index (χ0v) is 19.7. The van der Waals surface area contributed by atoms with E-state index in [0.29, 0.717) is 18.9 Å². The predicted molar refractivity (Wildman–Crippen MR) is 124 cm³/mol. The third kappa shape index (κ3) is 7.83. The third-order valence-corrected chi connectivity index (χ3v) is 6.34. The van der Waals surface area contributed by atoms with Crippen molar-refractivity contribution in [2.24, 2.45) is 23.7 Å². The number of allylic oxidation sites excluding steroid dienone is 2. The Morgan fingerprint density at radius 2 is 1.77 bits per heavy atom. The van der Waals surface area contributed by atoms with E-state index in [1.807, 2.05) is 56.3 Å². The highest BCUT2D eigenvalue weighted by Crippen LogP contribution is 2.34. The predicted octanol–water partition coefficient (Wildman–Crippen LogP) is 6.66. The van der Waals surface area contributed by atoms with Gasteiger partial charge in [0.15, 0.2) is 0 Å². The molecule has 1 aliphatic carbocycles. The van der Waals surface area contributed by atoms with Crippen LogP contribution in [-0.4, -0.2) is 18.5 Å². The fraction of sp³-hybridized carbons (Fsp3) is 0.630. The summed E-state index contributed by atoms with van der Waals surface area (Å²) in [6.45, 7) is 8.67. The first-order valence-electron chi connectivity index (χ1n) is 12.1. The summed E-state index contributed by atoms with van der Waals surface area (Å²) in [5, 5.41) is 0. The van der Waals surface area contributed by atoms with Crippen molar-refractivity contribution in [2.45, 2.75) is 78.7 Å². The molecule has 0 amide bonds. The zero-order chi connectivity index (χ0) is 22.6. The van der Waals surface area contributed by atoms with E-state index in [1.54, 1.807) is 0 Å². The number of ether oxygens (including phenoxy) is 2. The van der Waals surface area contributed by atoms with Crippen LogP contribution in [0.25, 0.3) is 0 Å². The quantitative estimate of drug-likeness (QED) is 0.212. The highest BCUT2D eigenvalue weighted by atomic mass is 16.5. The van der Waals surface area contributed by atoms with Crippen molar-refractivity contribution in [2.75, 3.05) is 6.61 Å². The summed E-state index contributed by atoms with van der Waals surface area (Å²) in [5.41, 5.74) is 0.948. The number of hydrogen-bond donors (Lipinski definition) is 0. The summed E-state index contributed by atoms with van der Waals surface area (Å²) in [6.07, 6.45) is 11.0. The molecule has 0 aromatic heterocycles. The van der Waals surface area contributed by atoms with Crippen LogP contribution in [0.5, 0.6) is 0 Å². The molecule has 1 aromatic rings. The first-order valence-corrected chi connectivity index (χ1v) is 12.1. The van der Waals surface area contributed by atoms with E-state index in [9.17, 15) is 9.59 Å². The Morgan fingerprint density at radius 1 is 1.03 bits per heavy atom. The molecule has 5 atom stereocenters. The normalized spacial score (nSPS) is 22.5. The van der Waals surface area contributed by atoms with Crippen LogP contribution in [0.4, 0.5) is 0 Å². The van der Waals surface area contributed by atoms with Gasteiger partial charge in [-0.15, -0.1) is 0 Å². The highest BCUT2D eigenvalue weighted by molar-refractivity contribution is 5.83. The van der Waals surface area contributed by atoms with Crippen LogP contribution in [0, 0.1) is 23.7 Å². The van der Waals surface area contributed by atoms with Gasteiger partial charge in [0.2, 0.25) is 0 Å². The van der Waals surface area contributed by atoms with Gasteiger partial charge in [-0.1, -0.05) is 88.9 Å². The topological polar surface area (TPSA) is 52.6 Å². The number of benzene rings is 1. The van der Waals surface area contributed by atoms with Crippen molar-refractivity contribution >= 4 is 11.9 Å². The first kappa shape index (κ1) is 25.2. The van der Waals surface area contributed by atoms with E-state index < -0.39 is 11.8 Å². The molecule has 0 saturated heterocycles. The molecule has 2 rings (SSSR count). The van der Waals surface area contributed by atoms with Crippen molar-refractivity contribution in [3.63, 3.8) is 0 Å². The van der Waals surface area contributed by atoms with Crippen LogP contribution in [0.2, 0.25) is 0 Å². The minimum absolute atomic E-state index is 0.0458. The molecule has 0 radical (unpaired) electrons. The molecule has 0 aliphatic heterocycles. The zero-order valence-electron chi connectivity index (χ0n) is 19.7. The van der Waals surface area contributed by atoms with E-state index >= 15 is 0 Å². The lowest BCUT2D eigenvalue weighted by Gasteiger charge is -2.31. The van der Waals surface area contributed by atoms with Crippen LogP contribution in [0.3, 0.4) is 0 Å². The van der Waals surface area contributed by atoms with E-state index in [-0.39, 0.29) is 24.0 Å². The van der Waals surface area contributed by atoms with Crippen molar-refractivity contribution in [1.29, 1.82) is 0 Å². The van der Waals surface area contributed by atoms with E-state index in [2.05, 4.69) is 13.8 Å². The summed E-state index contributed by atoms with van der Waals surface area (Å²) in [6, 6.07) is 9.68. The summed E-state index contributed by atoms with van der Waals surface area (Å²) < 4.78 is 11.5. The summed E-state index contributed by atoms with van der Waals surface area (Å²) in [4.78, 5) is 26.0. The second-order valence-electron chi connectivity index (χ2n) is 8.93. The molecule has 0 spiro atoms. The summed E-state index contributed by atoms with van der Waals surface area (Å²) in [7, 11) is 0. The Bertz CT molecular complexity index is 696. The molecular formula is C27H40O4. The van der Waals surface area contributed by atoms with Gasteiger partial charge in [-0.05, 0) is 43.6 Å². The molecule has 0 saturated carbocycles. The molecule has 31 heavy (non-hydrogen) atoms. The number of esters is 2. The highest BCUT2D eigenvalue weighted by Gasteiger charge is 2.41. The minimum atomic E-state index is -0.497. The average Bonchev–Trinajstić information content (AvgIpc) is 2.77. The Hall–Kier alpha value is -2.10. The largest absolute Gasteiger partial charge is 0.465 e. The number of carbonyl (C=O) groups excluding carboxylic acids is 2. The van der Waals surface area contributed by atoms with Crippen LogP contribution in [-0.2, 0) is 19.1 Å². The van der Waals surface area contributed by atoms with Crippen molar-refractivity contribution in [1.82, 2.24) is 0 Å². The van der Waals surface area contributed by atoms with Crippen LogP contribution in [0.15, 0.2) is 42.5 Å². The monoisotopic (exact) mass is 428 g/mol. The standard InChI is InChI=1S/C27H40O4/c1-5-7-9-15-22(13-6-2)19-30-27(29)25-20(3)14-12-18-24(25)26(28)31-21(4)23-16-10-8-11-17-23/h8,10-12,14,16-17,20-22,24-25H,5-7,9,13,15,18-19H2,1-4H3. The molecule has 0 bridgehead atoms. The van der Waals surface area contributed by atoms with Crippen LogP contribution in [0.1, 0.15) is 84.3 Å². The van der Waals surface area contributed by atoms with Gasteiger partial charge in [-0.25, -0.2) is 0 Å². The van der Waals surface area contributed by atoms with Gasteiger partial charge >= 0.3 is 11.9 Å². The first-order chi connectivity index (χ1) is 15.0.